The molecule has 2 heterocycles. The number of esters is 2. The molecule has 1 saturated heterocycles. The molecule has 4 rings (SSSR count). The Hall–Kier alpha value is -2.08. The molecule has 2 aliphatic heterocycles. The highest BCUT2D eigenvalue weighted by Gasteiger charge is 2.63. The average molecular weight is 416 g/mol. The standard InChI is InChI=1S/C24H33NO5/c1-3-5-6-7-16(4-2)22(26)30-20-13-24(20)10-11-25-14-21(24)29-18-8-9-19-17(12-18)15-28-23(19)27/h8-9,12,16,20-21,25H,3-7,10-11,13-15H2,1-2H3. The quantitative estimate of drug-likeness (QED) is 0.485. The maximum absolute atomic E-state index is 12.7. The fraction of sp³-hybridized carbons (Fsp3) is 0.667. The van der Waals surface area contributed by atoms with Crippen molar-refractivity contribution < 1.29 is 23.8 Å². The molecular weight excluding hydrogens is 382 g/mol. The predicted molar refractivity (Wildman–Crippen MR) is 112 cm³/mol. The molecule has 0 aromatic heterocycles. The summed E-state index contributed by atoms with van der Waals surface area (Å²) in [6, 6.07) is 5.50. The molecule has 0 amide bonds. The van der Waals surface area contributed by atoms with E-state index in [1.807, 2.05) is 12.1 Å². The van der Waals surface area contributed by atoms with Crippen LogP contribution in [0.25, 0.3) is 0 Å². The maximum atomic E-state index is 12.7. The van der Waals surface area contributed by atoms with Gasteiger partial charge < -0.3 is 19.5 Å². The number of hydrogen-bond acceptors (Lipinski definition) is 6. The van der Waals surface area contributed by atoms with Gasteiger partial charge in [-0.1, -0.05) is 33.1 Å². The monoisotopic (exact) mass is 415 g/mol. The van der Waals surface area contributed by atoms with Gasteiger partial charge in [0.25, 0.3) is 0 Å². The highest BCUT2D eigenvalue weighted by molar-refractivity contribution is 5.93. The lowest BCUT2D eigenvalue weighted by molar-refractivity contribution is -0.152. The largest absolute Gasteiger partial charge is 0.488 e. The van der Waals surface area contributed by atoms with Crippen molar-refractivity contribution in [3.63, 3.8) is 0 Å². The van der Waals surface area contributed by atoms with Crippen molar-refractivity contribution in [3.8, 4) is 5.75 Å². The summed E-state index contributed by atoms with van der Waals surface area (Å²) in [5.41, 5.74) is 1.38. The first-order valence-electron chi connectivity index (χ1n) is 11.4. The van der Waals surface area contributed by atoms with Crippen LogP contribution in [-0.4, -0.2) is 37.2 Å². The van der Waals surface area contributed by atoms with Gasteiger partial charge in [0.2, 0.25) is 0 Å². The lowest BCUT2D eigenvalue weighted by Gasteiger charge is -2.33. The summed E-state index contributed by atoms with van der Waals surface area (Å²) in [6.45, 7) is 6.19. The third-order valence-electron chi connectivity index (χ3n) is 6.96. The minimum absolute atomic E-state index is 0.00420. The van der Waals surface area contributed by atoms with E-state index in [1.165, 1.54) is 0 Å². The molecule has 2 fully saturated rings. The van der Waals surface area contributed by atoms with Crippen LogP contribution in [0.5, 0.6) is 5.75 Å². The van der Waals surface area contributed by atoms with Crippen LogP contribution in [0.2, 0.25) is 0 Å². The molecule has 1 aliphatic carbocycles. The summed E-state index contributed by atoms with van der Waals surface area (Å²) in [6.07, 6.45) is 6.84. The van der Waals surface area contributed by atoms with Crippen molar-refractivity contribution in [3.05, 3.63) is 29.3 Å². The number of ether oxygens (including phenoxy) is 3. The topological polar surface area (TPSA) is 73.9 Å². The molecule has 1 saturated carbocycles. The molecule has 1 spiro atoms. The summed E-state index contributed by atoms with van der Waals surface area (Å²) < 4.78 is 17.4. The van der Waals surface area contributed by atoms with Gasteiger partial charge in [0.15, 0.2) is 0 Å². The number of nitrogens with one attached hydrogen (secondary N) is 1. The smallest absolute Gasteiger partial charge is 0.338 e. The number of cyclic esters (lactones) is 1. The minimum atomic E-state index is -0.272. The number of hydrogen-bond donors (Lipinski definition) is 1. The zero-order chi connectivity index (χ0) is 21.1. The van der Waals surface area contributed by atoms with Gasteiger partial charge in [0.05, 0.1) is 16.9 Å². The molecule has 6 nitrogen and oxygen atoms in total. The van der Waals surface area contributed by atoms with Crippen LogP contribution >= 0.6 is 0 Å². The molecule has 1 N–H and O–H groups in total. The van der Waals surface area contributed by atoms with Crippen molar-refractivity contribution in [1.29, 1.82) is 0 Å². The molecule has 1 aromatic rings. The molecular formula is C24H33NO5. The zero-order valence-electron chi connectivity index (χ0n) is 18.1. The number of rotatable bonds is 9. The Balaban J connectivity index is 1.38. The number of fused-ring (bicyclic) bond motifs is 1. The van der Waals surface area contributed by atoms with E-state index in [1.54, 1.807) is 6.07 Å². The third kappa shape index (κ3) is 4.20. The number of benzene rings is 1. The van der Waals surface area contributed by atoms with E-state index in [2.05, 4.69) is 19.2 Å². The molecule has 3 aliphatic rings. The van der Waals surface area contributed by atoms with Crippen molar-refractivity contribution >= 4 is 11.9 Å². The van der Waals surface area contributed by atoms with E-state index in [0.717, 1.165) is 69.3 Å². The molecule has 4 atom stereocenters. The van der Waals surface area contributed by atoms with Gasteiger partial charge in [0.1, 0.15) is 24.6 Å². The SMILES string of the molecule is CCCCCC(CC)C(=O)OC1CC12CCNCC2Oc1ccc2c(c1)COC2=O. The van der Waals surface area contributed by atoms with Gasteiger partial charge >= 0.3 is 11.9 Å². The molecule has 164 valence electrons. The summed E-state index contributed by atoms with van der Waals surface area (Å²) in [7, 11) is 0. The van der Waals surface area contributed by atoms with E-state index in [4.69, 9.17) is 14.2 Å². The van der Waals surface area contributed by atoms with Crippen LogP contribution in [0.4, 0.5) is 0 Å². The van der Waals surface area contributed by atoms with E-state index in [0.29, 0.717) is 12.2 Å². The first-order chi connectivity index (χ1) is 14.6. The first-order valence-corrected chi connectivity index (χ1v) is 11.4. The minimum Gasteiger partial charge on any atom is -0.488 e. The summed E-state index contributed by atoms with van der Waals surface area (Å²) in [5, 5.41) is 3.41. The third-order valence-corrected chi connectivity index (χ3v) is 6.96. The van der Waals surface area contributed by atoms with Crippen molar-refractivity contribution in [2.75, 3.05) is 13.1 Å². The van der Waals surface area contributed by atoms with E-state index < -0.39 is 0 Å². The van der Waals surface area contributed by atoms with Crippen molar-refractivity contribution in [1.82, 2.24) is 5.32 Å². The Morgan fingerprint density at radius 2 is 2.17 bits per heavy atom. The number of piperidine rings is 1. The molecule has 0 bridgehead atoms. The van der Waals surface area contributed by atoms with Gasteiger partial charge in [-0.2, -0.15) is 0 Å². The van der Waals surface area contributed by atoms with E-state index >= 15 is 0 Å². The Labute approximate surface area is 178 Å². The Bertz CT molecular complexity index is 794. The maximum Gasteiger partial charge on any atom is 0.338 e. The van der Waals surface area contributed by atoms with Gasteiger partial charge in [-0.25, -0.2) is 4.79 Å². The molecule has 6 heteroatoms. The van der Waals surface area contributed by atoms with Gasteiger partial charge in [-0.3, -0.25) is 4.79 Å². The number of carbonyl (C=O) groups is 2. The van der Waals surface area contributed by atoms with Crippen LogP contribution < -0.4 is 10.1 Å². The zero-order valence-corrected chi connectivity index (χ0v) is 18.1. The summed E-state index contributed by atoms with van der Waals surface area (Å²) >= 11 is 0. The van der Waals surface area contributed by atoms with Gasteiger partial charge in [0, 0.05) is 12.1 Å². The number of carbonyl (C=O) groups excluding carboxylic acids is 2. The van der Waals surface area contributed by atoms with Crippen LogP contribution in [0, 0.1) is 11.3 Å². The van der Waals surface area contributed by atoms with Crippen molar-refractivity contribution in [2.24, 2.45) is 11.3 Å². The molecule has 4 unspecified atom stereocenters. The van der Waals surface area contributed by atoms with Crippen LogP contribution in [0.1, 0.15) is 74.7 Å². The fourth-order valence-corrected chi connectivity index (χ4v) is 4.84. The Morgan fingerprint density at radius 3 is 2.97 bits per heavy atom. The normalized spacial score (nSPS) is 28.0. The van der Waals surface area contributed by atoms with Crippen LogP contribution in [0.3, 0.4) is 0 Å². The Morgan fingerprint density at radius 1 is 1.30 bits per heavy atom. The molecule has 0 radical (unpaired) electrons. The second kappa shape index (κ2) is 8.96. The summed E-state index contributed by atoms with van der Waals surface area (Å²) in [5.74, 6) is 0.430. The lowest BCUT2D eigenvalue weighted by atomic mass is 9.90. The van der Waals surface area contributed by atoms with E-state index in [-0.39, 0.29) is 35.5 Å². The highest BCUT2D eigenvalue weighted by atomic mass is 16.6. The first kappa shape index (κ1) is 21.2. The van der Waals surface area contributed by atoms with Crippen LogP contribution in [0.15, 0.2) is 18.2 Å². The number of unbranched alkanes of at least 4 members (excludes halogenated alkanes) is 2. The fourth-order valence-electron chi connectivity index (χ4n) is 4.84. The average Bonchev–Trinajstić information content (AvgIpc) is 3.29. The second-order valence-corrected chi connectivity index (χ2v) is 8.92. The lowest BCUT2D eigenvalue weighted by Crippen LogP contribution is -2.47. The predicted octanol–water partition coefficient (Wildman–Crippen LogP) is 4.01. The van der Waals surface area contributed by atoms with Gasteiger partial charge in [-0.05, 0) is 50.4 Å². The van der Waals surface area contributed by atoms with Crippen LogP contribution in [-0.2, 0) is 20.9 Å². The molecule has 30 heavy (non-hydrogen) atoms. The summed E-state index contributed by atoms with van der Waals surface area (Å²) in [4.78, 5) is 24.4. The van der Waals surface area contributed by atoms with E-state index in [9.17, 15) is 9.59 Å². The van der Waals surface area contributed by atoms with Crippen molar-refractivity contribution in [2.45, 2.75) is 77.6 Å². The Kier molecular flexibility index (Phi) is 6.32. The second-order valence-electron chi connectivity index (χ2n) is 8.92. The highest BCUT2D eigenvalue weighted by Crippen LogP contribution is 2.56. The molecule has 1 aromatic carbocycles. The van der Waals surface area contributed by atoms with Gasteiger partial charge in [-0.15, -0.1) is 0 Å².